The smallest absolute Gasteiger partial charge is 0.303 e. The number of hydrogen-bond acceptors (Lipinski definition) is 2. The molecule has 0 saturated carbocycles. The molecule has 0 atom stereocenters. The van der Waals surface area contributed by atoms with E-state index in [-0.39, 0.29) is 11.9 Å². The number of imidazole rings is 1. The largest absolute Gasteiger partial charge is 0.481 e. The van der Waals surface area contributed by atoms with Crippen LogP contribution in [0.15, 0.2) is 12.1 Å². The van der Waals surface area contributed by atoms with Crippen LogP contribution in [0.4, 0.5) is 8.78 Å². The van der Waals surface area contributed by atoms with Gasteiger partial charge < -0.3 is 10.1 Å². The zero-order valence-corrected chi connectivity index (χ0v) is 9.54. The maximum absolute atomic E-state index is 13.4. The van der Waals surface area contributed by atoms with E-state index in [0.29, 0.717) is 30.6 Å². The van der Waals surface area contributed by atoms with Gasteiger partial charge >= 0.3 is 5.97 Å². The maximum atomic E-state index is 13.4. The van der Waals surface area contributed by atoms with Gasteiger partial charge in [-0.3, -0.25) is 4.79 Å². The third kappa shape index (κ3) is 2.64. The summed E-state index contributed by atoms with van der Waals surface area (Å²) in [6.45, 7) is 0. The Morgan fingerprint density at radius 2 is 2.11 bits per heavy atom. The second-order valence-corrected chi connectivity index (χ2v) is 4.04. The van der Waals surface area contributed by atoms with Gasteiger partial charge in [-0.15, -0.1) is 0 Å². The molecule has 0 radical (unpaired) electrons. The third-order valence-corrected chi connectivity index (χ3v) is 2.65. The third-order valence-electron chi connectivity index (χ3n) is 2.65. The number of halogens is 2. The van der Waals surface area contributed by atoms with Crippen LogP contribution in [-0.2, 0) is 11.2 Å². The van der Waals surface area contributed by atoms with Gasteiger partial charge in [0.25, 0.3) is 0 Å². The molecule has 1 aromatic carbocycles. The number of aromatic amines is 1. The first-order valence-electron chi connectivity index (χ1n) is 5.62. The van der Waals surface area contributed by atoms with Crippen molar-refractivity contribution >= 4 is 17.0 Å². The number of carboxylic acid groups (broad SMARTS) is 1. The van der Waals surface area contributed by atoms with Crippen molar-refractivity contribution in [2.75, 3.05) is 0 Å². The van der Waals surface area contributed by atoms with Crippen LogP contribution < -0.4 is 0 Å². The van der Waals surface area contributed by atoms with Gasteiger partial charge in [0.2, 0.25) is 0 Å². The molecule has 0 aliphatic heterocycles. The number of aryl methyl sites for hydroxylation is 1. The van der Waals surface area contributed by atoms with E-state index in [0.717, 1.165) is 6.07 Å². The summed E-state index contributed by atoms with van der Waals surface area (Å²) in [5.74, 6) is -2.18. The average molecular weight is 254 g/mol. The van der Waals surface area contributed by atoms with E-state index in [1.807, 2.05) is 0 Å². The van der Waals surface area contributed by atoms with Crippen molar-refractivity contribution in [1.82, 2.24) is 9.97 Å². The van der Waals surface area contributed by atoms with E-state index in [4.69, 9.17) is 5.11 Å². The van der Waals surface area contributed by atoms with Gasteiger partial charge in [-0.2, -0.15) is 0 Å². The number of H-pyrrole nitrogens is 1. The molecule has 0 aliphatic carbocycles. The molecule has 0 amide bonds. The van der Waals surface area contributed by atoms with Crippen molar-refractivity contribution in [3.05, 3.63) is 29.6 Å². The fourth-order valence-corrected chi connectivity index (χ4v) is 1.76. The molecule has 96 valence electrons. The number of fused-ring (bicyclic) bond motifs is 1. The summed E-state index contributed by atoms with van der Waals surface area (Å²) >= 11 is 0. The van der Waals surface area contributed by atoms with Gasteiger partial charge in [0.05, 0.1) is 5.52 Å². The van der Waals surface area contributed by atoms with E-state index >= 15 is 0 Å². The summed E-state index contributed by atoms with van der Waals surface area (Å²) < 4.78 is 26.3. The molecule has 0 unspecified atom stereocenters. The molecule has 2 aromatic rings. The Bertz CT molecular complexity index is 581. The molecule has 0 saturated heterocycles. The van der Waals surface area contributed by atoms with Crippen LogP contribution in [0.5, 0.6) is 0 Å². The first-order chi connectivity index (χ1) is 8.58. The zero-order valence-electron chi connectivity index (χ0n) is 9.54. The normalized spacial score (nSPS) is 11.0. The van der Waals surface area contributed by atoms with Crippen molar-refractivity contribution in [2.45, 2.75) is 25.7 Å². The zero-order chi connectivity index (χ0) is 13.1. The highest BCUT2D eigenvalue weighted by molar-refractivity contribution is 5.75. The molecule has 1 heterocycles. The highest BCUT2D eigenvalue weighted by Gasteiger charge is 2.11. The minimum atomic E-state index is -0.958. The number of carboxylic acids is 1. The first kappa shape index (κ1) is 12.5. The lowest BCUT2D eigenvalue weighted by Gasteiger charge is -1.95. The van der Waals surface area contributed by atoms with Gasteiger partial charge in [0, 0.05) is 12.8 Å². The number of aromatic nitrogens is 2. The molecule has 0 spiro atoms. The molecule has 4 nitrogen and oxygen atoms in total. The van der Waals surface area contributed by atoms with Crippen LogP contribution in [0.25, 0.3) is 11.0 Å². The predicted octanol–water partition coefficient (Wildman–Crippen LogP) is 2.64. The van der Waals surface area contributed by atoms with Crippen molar-refractivity contribution in [2.24, 2.45) is 0 Å². The van der Waals surface area contributed by atoms with Crippen LogP contribution in [0.3, 0.4) is 0 Å². The fourth-order valence-electron chi connectivity index (χ4n) is 1.76. The van der Waals surface area contributed by atoms with E-state index < -0.39 is 17.6 Å². The lowest BCUT2D eigenvalue weighted by Crippen LogP contribution is -1.95. The molecule has 1 aromatic heterocycles. The Kier molecular flexibility index (Phi) is 3.55. The quantitative estimate of drug-likeness (QED) is 0.806. The minimum Gasteiger partial charge on any atom is -0.481 e. The number of carbonyl (C=O) groups is 1. The standard InChI is InChI=1S/C12H12F2N2O2/c13-7-5-6-8-12(11(7)14)16-9(15-8)3-1-2-4-10(17)18/h5-6H,1-4H2,(H,15,16)(H,17,18). The van der Waals surface area contributed by atoms with Crippen molar-refractivity contribution in [1.29, 1.82) is 0 Å². The van der Waals surface area contributed by atoms with Crippen LogP contribution in [-0.4, -0.2) is 21.0 Å². The Balaban J connectivity index is 2.06. The molecule has 2 rings (SSSR count). The van der Waals surface area contributed by atoms with Gasteiger partial charge in [-0.05, 0) is 25.0 Å². The summed E-state index contributed by atoms with van der Waals surface area (Å²) in [7, 11) is 0. The summed E-state index contributed by atoms with van der Waals surface area (Å²) in [5, 5.41) is 8.48. The van der Waals surface area contributed by atoms with Gasteiger partial charge in [-0.25, -0.2) is 13.8 Å². The second-order valence-electron chi connectivity index (χ2n) is 4.04. The number of hydrogen-bond donors (Lipinski definition) is 2. The van der Waals surface area contributed by atoms with Crippen molar-refractivity contribution in [3.8, 4) is 0 Å². The number of rotatable bonds is 5. The molecular weight excluding hydrogens is 242 g/mol. The Morgan fingerprint density at radius 3 is 2.83 bits per heavy atom. The molecule has 18 heavy (non-hydrogen) atoms. The summed E-state index contributed by atoms with van der Waals surface area (Å²) in [6.07, 6.45) is 1.78. The lowest BCUT2D eigenvalue weighted by atomic mass is 10.2. The number of aliphatic carboxylic acids is 1. The highest BCUT2D eigenvalue weighted by atomic mass is 19.2. The Labute approximate surface area is 102 Å². The van der Waals surface area contributed by atoms with Gasteiger partial charge in [0.15, 0.2) is 11.6 Å². The molecule has 0 aliphatic rings. The van der Waals surface area contributed by atoms with E-state index in [1.54, 1.807) is 0 Å². The van der Waals surface area contributed by atoms with Gasteiger partial charge in [0.1, 0.15) is 11.3 Å². The first-order valence-corrected chi connectivity index (χ1v) is 5.62. The summed E-state index contributed by atoms with van der Waals surface area (Å²) in [4.78, 5) is 17.2. The Hall–Kier alpha value is -1.98. The maximum Gasteiger partial charge on any atom is 0.303 e. The minimum absolute atomic E-state index is 0.0109. The highest BCUT2D eigenvalue weighted by Crippen LogP contribution is 2.18. The number of nitrogens with one attached hydrogen (secondary N) is 1. The van der Waals surface area contributed by atoms with E-state index in [2.05, 4.69) is 9.97 Å². The molecular formula is C12H12F2N2O2. The van der Waals surface area contributed by atoms with Crippen LogP contribution in [0, 0.1) is 11.6 Å². The number of unbranched alkanes of at least 4 members (excludes halogenated alkanes) is 1. The molecule has 2 N–H and O–H groups in total. The Morgan fingerprint density at radius 1 is 1.33 bits per heavy atom. The molecule has 6 heteroatoms. The van der Waals surface area contributed by atoms with Crippen LogP contribution >= 0.6 is 0 Å². The topological polar surface area (TPSA) is 66.0 Å². The molecule has 0 bridgehead atoms. The monoisotopic (exact) mass is 254 g/mol. The fraction of sp³-hybridized carbons (Fsp3) is 0.333. The van der Waals surface area contributed by atoms with Crippen LogP contribution in [0.2, 0.25) is 0 Å². The SMILES string of the molecule is O=C(O)CCCCc1nc2c(F)c(F)ccc2[nH]1. The van der Waals surface area contributed by atoms with Crippen molar-refractivity contribution in [3.63, 3.8) is 0 Å². The van der Waals surface area contributed by atoms with E-state index in [9.17, 15) is 13.6 Å². The van der Waals surface area contributed by atoms with Crippen molar-refractivity contribution < 1.29 is 18.7 Å². The van der Waals surface area contributed by atoms with Crippen LogP contribution in [0.1, 0.15) is 25.1 Å². The lowest BCUT2D eigenvalue weighted by molar-refractivity contribution is -0.137. The van der Waals surface area contributed by atoms with Gasteiger partial charge in [-0.1, -0.05) is 0 Å². The second kappa shape index (κ2) is 5.12. The average Bonchev–Trinajstić information content (AvgIpc) is 2.73. The summed E-state index contributed by atoms with van der Waals surface area (Å²) in [5.41, 5.74) is 0.436. The number of nitrogens with zero attached hydrogens (tertiary/aromatic N) is 1. The predicted molar refractivity (Wildman–Crippen MR) is 61.2 cm³/mol. The number of benzene rings is 1. The molecule has 0 fully saturated rings. The van der Waals surface area contributed by atoms with E-state index in [1.165, 1.54) is 6.07 Å². The summed E-state index contributed by atoms with van der Waals surface area (Å²) in [6, 6.07) is 2.48.